The van der Waals surface area contributed by atoms with E-state index in [1.807, 2.05) is 6.08 Å². The van der Waals surface area contributed by atoms with Crippen molar-refractivity contribution in [1.29, 1.82) is 5.26 Å². The van der Waals surface area contributed by atoms with Crippen molar-refractivity contribution >= 4 is 14.0 Å². The average Bonchev–Trinajstić information content (AvgIpc) is 2.93. The van der Waals surface area contributed by atoms with Crippen LogP contribution in [0.1, 0.15) is 65.7 Å². The van der Waals surface area contributed by atoms with Crippen molar-refractivity contribution in [1.82, 2.24) is 0 Å². The second-order valence-electron chi connectivity index (χ2n) is 9.69. The fourth-order valence-electron chi connectivity index (χ4n) is 7.11. The van der Waals surface area contributed by atoms with Crippen molar-refractivity contribution in [3.05, 3.63) is 23.0 Å². The second-order valence-corrected chi connectivity index (χ2v) is 10.9. The Morgan fingerprint density at radius 2 is 2.00 bits per heavy atom. The van der Waals surface area contributed by atoms with Crippen LogP contribution in [0.25, 0.3) is 0 Å². The third-order valence-corrected chi connectivity index (χ3v) is 9.60. The van der Waals surface area contributed by atoms with E-state index in [1.165, 1.54) is 12.5 Å². The van der Waals surface area contributed by atoms with Crippen LogP contribution in [0.5, 0.6) is 0 Å². The summed E-state index contributed by atoms with van der Waals surface area (Å²) in [6, 6.07) is 2.40. The van der Waals surface area contributed by atoms with E-state index in [9.17, 15) is 19.5 Å². The number of hydrogen-bond donors (Lipinski definition) is 1. The van der Waals surface area contributed by atoms with Crippen molar-refractivity contribution in [2.24, 2.45) is 28.6 Å². The number of carbonyl (C=O) groups is 1. The van der Waals surface area contributed by atoms with Crippen LogP contribution in [0, 0.1) is 39.9 Å². The van der Waals surface area contributed by atoms with Crippen molar-refractivity contribution in [3.63, 3.8) is 0 Å². The zero-order valence-electron chi connectivity index (χ0n) is 17.0. The van der Waals surface area contributed by atoms with Gasteiger partial charge in [-0.2, -0.15) is 5.26 Å². The van der Waals surface area contributed by atoms with E-state index in [-0.39, 0.29) is 16.8 Å². The van der Waals surface area contributed by atoms with Crippen molar-refractivity contribution in [2.45, 2.75) is 71.3 Å². The highest BCUT2D eigenvalue weighted by molar-refractivity contribution is 7.43. The van der Waals surface area contributed by atoms with Crippen LogP contribution in [0.15, 0.2) is 23.0 Å². The molecule has 0 heterocycles. The Kier molecular flexibility index (Phi) is 4.68. The molecule has 4 aliphatic rings. The minimum atomic E-state index is -2.61. The predicted octanol–water partition coefficient (Wildman–Crippen LogP) is 4.74. The number of esters is 1. The van der Waals surface area contributed by atoms with Crippen molar-refractivity contribution in [3.8, 4) is 6.07 Å². The number of ether oxygens (including phenoxy) is 1. The van der Waals surface area contributed by atoms with Gasteiger partial charge in [0.05, 0.1) is 0 Å². The smallest absolute Gasteiger partial charge is 0.304 e. The molecule has 0 amide bonds. The molecule has 0 aromatic rings. The van der Waals surface area contributed by atoms with Gasteiger partial charge in [-0.1, -0.05) is 26.0 Å². The maximum atomic E-state index is 11.8. The molecular weight excluding hydrogens is 373 g/mol. The predicted molar refractivity (Wildman–Crippen MR) is 106 cm³/mol. The van der Waals surface area contributed by atoms with Gasteiger partial charge in [0.2, 0.25) is 13.6 Å². The molecule has 1 unspecified atom stereocenters. The number of allylic oxidation sites excluding steroid dienone is 4. The van der Waals surface area contributed by atoms with Crippen LogP contribution in [0.2, 0.25) is 0 Å². The number of nitriles is 1. The Morgan fingerprint density at radius 1 is 1.29 bits per heavy atom. The van der Waals surface area contributed by atoms with Gasteiger partial charge in [-0.3, -0.25) is 9.36 Å². The average molecular weight is 403 g/mol. The zero-order chi connectivity index (χ0) is 20.3. The second kappa shape index (κ2) is 6.57. The Hall–Kier alpha value is -1.37. The van der Waals surface area contributed by atoms with Gasteiger partial charge in [-0.05, 0) is 67.3 Å². The highest BCUT2D eigenvalue weighted by Crippen LogP contribution is 2.67. The molecule has 0 aromatic heterocycles. The first-order valence-corrected chi connectivity index (χ1v) is 11.8. The van der Waals surface area contributed by atoms with E-state index in [1.54, 1.807) is 0 Å². The maximum absolute atomic E-state index is 11.8. The molecule has 2 saturated carbocycles. The molecule has 28 heavy (non-hydrogen) atoms. The minimum absolute atomic E-state index is 0.0321. The van der Waals surface area contributed by atoms with Gasteiger partial charge in [0, 0.05) is 24.1 Å². The lowest BCUT2D eigenvalue weighted by Crippen LogP contribution is -2.54. The summed E-state index contributed by atoms with van der Waals surface area (Å²) in [6.45, 7) is 5.88. The van der Waals surface area contributed by atoms with Crippen molar-refractivity contribution < 1.29 is 19.0 Å². The van der Waals surface area contributed by atoms with Crippen LogP contribution < -0.4 is 0 Å². The highest BCUT2D eigenvalue weighted by Gasteiger charge is 2.66. The number of fused-ring (bicyclic) bond motifs is 5. The van der Waals surface area contributed by atoms with Crippen LogP contribution in [-0.2, 0) is 14.1 Å². The first-order chi connectivity index (χ1) is 13.2. The van der Waals surface area contributed by atoms with Gasteiger partial charge in [-0.25, -0.2) is 0 Å². The number of carbonyl (C=O) groups excluding carboxylic acids is 1. The van der Waals surface area contributed by atoms with Gasteiger partial charge < -0.3 is 9.63 Å². The normalized spacial score (nSPS) is 45.5. The summed E-state index contributed by atoms with van der Waals surface area (Å²) < 4.78 is 17.3. The van der Waals surface area contributed by atoms with Crippen LogP contribution in [0.4, 0.5) is 0 Å². The fourth-order valence-corrected chi connectivity index (χ4v) is 7.73. The quantitative estimate of drug-likeness (QED) is 0.532. The van der Waals surface area contributed by atoms with Gasteiger partial charge >= 0.3 is 5.97 Å². The van der Waals surface area contributed by atoms with Crippen LogP contribution in [0.3, 0.4) is 0 Å². The van der Waals surface area contributed by atoms with Gasteiger partial charge in [0.25, 0.3) is 0 Å². The molecule has 2 fully saturated rings. The van der Waals surface area contributed by atoms with E-state index < -0.39 is 13.6 Å². The van der Waals surface area contributed by atoms with Gasteiger partial charge in [-0.15, -0.1) is 0 Å². The molecule has 0 aromatic carbocycles. The van der Waals surface area contributed by atoms with Crippen LogP contribution in [-0.4, -0.2) is 16.5 Å². The molecule has 5 nitrogen and oxygen atoms in total. The van der Waals surface area contributed by atoms with Crippen molar-refractivity contribution in [2.75, 3.05) is 0 Å². The lowest BCUT2D eigenvalue weighted by Gasteiger charge is -2.57. The Balaban J connectivity index is 1.69. The lowest BCUT2D eigenvalue weighted by molar-refractivity contribution is -0.168. The van der Waals surface area contributed by atoms with E-state index in [4.69, 9.17) is 4.74 Å². The monoisotopic (exact) mass is 403 g/mol. The lowest BCUT2D eigenvalue weighted by atomic mass is 9.47. The fraction of sp³-hybridized carbons (Fsp3) is 0.727. The summed E-state index contributed by atoms with van der Waals surface area (Å²) in [4.78, 5) is 21.3. The summed E-state index contributed by atoms with van der Waals surface area (Å²) in [6.07, 6.45) is 10.2. The zero-order valence-corrected chi connectivity index (χ0v) is 18.0. The number of rotatable bonds is 2. The van der Waals surface area contributed by atoms with E-state index in [0.717, 1.165) is 32.1 Å². The number of hydrogen-bond acceptors (Lipinski definition) is 4. The molecule has 0 spiro atoms. The Morgan fingerprint density at radius 3 is 2.64 bits per heavy atom. The van der Waals surface area contributed by atoms with E-state index in [0.29, 0.717) is 35.9 Å². The minimum Gasteiger partial charge on any atom is -0.443 e. The van der Waals surface area contributed by atoms with E-state index in [2.05, 4.69) is 26.0 Å². The molecule has 1 N–H and O–H groups in total. The van der Waals surface area contributed by atoms with Gasteiger partial charge in [0.1, 0.15) is 6.07 Å². The first-order valence-electron chi connectivity index (χ1n) is 10.4. The Labute approximate surface area is 167 Å². The summed E-state index contributed by atoms with van der Waals surface area (Å²) in [5.74, 6) is 0.977. The highest BCUT2D eigenvalue weighted by atomic mass is 31.1. The molecule has 0 saturated heterocycles. The Bertz CT molecular complexity index is 842. The molecule has 0 bridgehead atoms. The number of nitrogens with zero attached hydrogens (tertiary/aromatic N) is 1. The van der Waals surface area contributed by atoms with E-state index >= 15 is 0 Å². The molecule has 0 radical (unpaired) electrons. The first kappa shape index (κ1) is 19.9. The molecule has 0 aliphatic heterocycles. The molecule has 6 heteroatoms. The third-order valence-electron chi connectivity index (χ3n) is 8.66. The third kappa shape index (κ3) is 2.61. The van der Waals surface area contributed by atoms with Crippen LogP contribution >= 0.6 is 8.03 Å². The molecule has 152 valence electrons. The maximum Gasteiger partial charge on any atom is 0.304 e. The summed E-state index contributed by atoms with van der Waals surface area (Å²) in [5.41, 5.74) is -0.0434. The SMILES string of the molecule is CC(=O)O[C@]1(C#N)CC[C@H]2[C@@H]3CC=C4C=C([PH](=O)O)CC[C@]4(C)[C@H]3CC[C@@]21C. The largest absolute Gasteiger partial charge is 0.443 e. The summed E-state index contributed by atoms with van der Waals surface area (Å²) >= 11 is 0. The topological polar surface area (TPSA) is 87.4 Å². The molecular formula is C22H30NO4P. The summed E-state index contributed by atoms with van der Waals surface area (Å²) in [5, 5.41) is 10.7. The van der Waals surface area contributed by atoms with Gasteiger partial charge in [0.15, 0.2) is 0 Å². The summed E-state index contributed by atoms with van der Waals surface area (Å²) in [7, 11) is -2.61. The molecule has 4 aliphatic carbocycles. The molecule has 7 atom stereocenters. The molecule has 4 rings (SSSR count). The standard InChI is InChI=1S/C22H30NO4P/c1-14(24)27-22(13-23)11-8-19-17-5-4-15-12-16(28(25)26)6-9-20(15,2)18(17)7-10-21(19,22)3/h4,12,17-19,28H,5-11H2,1-3H3,(H,25,26)/t17-,18+,19+,20+,21+,22+/m1/s1.